The number of benzene rings is 2. The number of carbonyl (C=O) groups is 3. The van der Waals surface area contributed by atoms with Crippen LogP contribution in [0.3, 0.4) is 0 Å². The Hall–Kier alpha value is -3.15. The summed E-state index contributed by atoms with van der Waals surface area (Å²) in [5, 5.41) is 5.24. The Morgan fingerprint density at radius 3 is 2.10 bits per heavy atom. The average Bonchev–Trinajstić information content (AvgIpc) is 2.67. The first-order valence-corrected chi connectivity index (χ1v) is 9.69. The second-order valence-corrected chi connectivity index (χ2v) is 7.46. The van der Waals surface area contributed by atoms with E-state index in [0.29, 0.717) is 17.4 Å². The van der Waals surface area contributed by atoms with E-state index in [0.717, 1.165) is 12.0 Å². The second kappa shape index (κ2) is 10.4. The lowest BCUT2D eigenvalue weighted by molar-refractivity contribution is -0.135. The molecule has 2 aromatic rings. The zero-order valence-corrected chi connectivity index (χ0v) is 17.3. The summed E-state index contributed by atoms with van der Waals surface area (Å²) in [5.74, 6) is -0.431. The van der Waals surface area contributed by atoms with E-state index < -0.39 is 5.97 Å². The molecule has 154 valence electrons. The van der Waals surface area contributed by atoms with Crippen LogP contribution >= 0.6 is 0 Å². The highest BCUT2D eigenvalue weighted by atomic mass is 16.5. The van der Waals surface area contributed by atoms with Crippen LogP contribution in [-0.2, 0) is 20.8 Å². The minimum Gasteiger partial charge on any atom is -0.425 e. The standard InChI is InChI=1S/C23H28N2O4/c1-15(2)13-18-5-7-19(8-6-18)16(3)23(28)24-14-22(27)29-21-11-9-20(10-12-21)25-17(4)26/h5-12,15-16H,13-14H2,1-4H3,(H,24,28)(H,25,26). The van der Waals surface area contributed by atoms with Crippen molar-refractivity contribution in [1.29, 1.82) is 0 Å². The van der Waals surface area contributed by atoms with Gasteiger partial charge in [0.15, 0.2) is 0 Å². The molecule has 6 heteroatoms. The van der Waals surface area contributed by atoms with E-state index in [9.17, 15) is 14.4 Å². The van der Waals surface area contributed by atoms with E-state index in [2.05, 4.69) is 24.5 Å². The van der Waals surface area contributed by atoms with E-state index >= 15 is 0 Å². The Balaban J connectivity index is 1.82. The average molecular weight is 396 g/mol. The maximum atomic E-state index is 12.4. The van der Waals surface area contributed by atoms with E-state index in [4.69, 9.17) is 4.74 Å². The first-order valence-electron chi connectivity index (χ1n) is 9.69. The van der Waals surface area contributed by atoms with E-state index in [-0.39, 0.29) is 24.3 Å². The van der Waals surface area contributed by atoms with Crippen LogP contribution < -0.4 is 15.4 Å². The van der Waals surface area contributed by atoms with Crippen LogP contribution in [0.4, 0.5) is 5.69 Å². The molecule has 0 heterocycles. The van der Waals surface area contributed by atoms with Gasteiger partial charge in [0.2, 0.25) is 11.8 Å². The van der Waals surface area contributed by atoms with Gasteiger partial charge in [-0.3, -0.25) is 9.59 Å². The molecule has 2 amide bonds. The van der Waals surface area contributed by atoms with Crippen LogP contribution in [0.2, 0.25) is 0 Å². The van der Waals surface area contributed by atoms with E-state index in [1.807, 2.05) is 24.3 Å². The number of nitrogens with one attached hydrogen (secondary N) is 2. The molecule has 0 saturated heterocycles. The smallest absolute Gasteiger partial charge is 0.330 e. The van der Waals surface area contributed by atoms with Crippen molar-refractivity contribution in [2.45, 2.75) is 40.0 Å². The van der Waals surface area contributed by atoms with Crippen LogP contribution in [0.15, 0.2) is 48.5 Å². The summed E-state index contributed by atoms with van der Waals surface area (Å²) in [6.45, 7) is 7.33. The molecule has 6 nitrogen and oxygen atoms in total. The molecule has 0 aromatic heterocycles. The molecular weight excluding hydrogens is 368 g/mol. The van der Waals surface area contributed by atoms with Crippen LogP contribution in [0.5, 0.6) is 5.75 Å². The summed E-state index contributed by atoms with van der Waals surface area (Å²) < 4.78 is 5.20. The summed E-state index contributed by atoms with van der Waals surface area (Å²) in [7, 11) is 0. The molecule has 0 aliphatic rings. The molecule has 2 rings (SSSR count). The predicted molar refractivity (Wildman–Crippen MR) is 113 cm³/mol. The zero-order chi connectivity index (χ0) is 21.4. The van der Waals surface area contributed by atoms with Crippen molar-refractivity contribution in [3.05, 3.63) is 59.7 Å². The van der Waals surface area contributed by atoms with Gasteiger partial charge in [-0.15, -0.1) is 0 Å². The highest BCUT2D eigenvalue weighted by Gasteiger charge is 2.16. The topological polar surface area (TPSA) is 84.5 Å². The molecular formula is C23H28N2O4. The van der Waals surface area contributed by atoms with Crippen LogP contribution in [0.1, 0.15) is 44.7 Å². The SMILES string of the molecule is CC(=O)Nc1ccc(OC(=O)CNC(=O)C(C)c2ccc(CC(C)C)cc2)cc1. The molecule has 0 saturated carbocycles. The number of hydrogen-bond donors (Lipinski definition) is 2. The van der Waals surface area contributed by atoms with Gasteiger partial charge < -0.3 is 15.4 Å². The third-order valence-electron chi connectivity index (χ3n) is 4.33. The van der Waals surface area contributed by atoms with Crippen LogP contribution in [-0.4, -0.2) is 24.3 Å². The summed E-state index contributed by atoms with van der Waals surface area (Å²) >= 11 is 0. The summed E-state index contributed by atoms with van der Waals surface area (Å²) in [6, 6.07) is 14.4. The normalized spacial score (nSPS) is 11.6. The van der Waals surface area contributed by atoms with Gasteiger partial charge in [-0.25, -0.2) is 4.79 Å². The van der Waals surface area contributed by atoms with Gasteiger partial charge in [0.1, 0.15) is 12.3 Å². The fraction of sp³-hybridized carbons (Fsp3) is 0.348. The zero-order valence-electron chi connectivity index (χ0n) is 17.3. The van der Waals surface area contributed by atoms with Crippen molar-refractivity contribution in [1.82, 2.24) is 5.32 Å². The quantitative estimate of drug-likeness (QED) is 0.527. The van der Waals surface area contributed by atoms with Crippen molar-refractivity contribution in [3.63, 3.8) is 0 Å². The third kappa shape index (κ3) is 7.41. The van der Waals surface area contributed by atoms with Crippen molar-refractivity contribution in [2.24, 2.45) is 5.92 Å². The highest BCUT2D eigenvalue weighted by molar-refractivity contribution is 5.89. The van der Waals surface area contributed by atoms with Gasteiger partial charge in [-0.2, -0.15) is 0 Å². The molecule has 0 aliphatic carbocycles. The maximum Gasteiger partial charge on any atom is 0.330 e. The molecule has 1 unspecified atom stereocenters. The van der Waals surface area contributed by atoms with E-state index in [1.54, 1.807) is 31.2 Å². The molecule has 0 bridgehead atoms. The Morgan fingerprint density at radius 1 is 0.931 bits per heavy atom. The van der Waals surface area contributed by atoms with Gasteiger partial charge in [0.25, 0.3) is 0 Å². The van der Waals surface area contributed by atoms with Gasteiger partial charge in [0, 0.05) is 12.6 Å². The van der Waals surface area contributed by atoms with Gasteiger partial charge in [-0.05, 0) is 54.7 Å². The first kappa shape index (κ1) is 22.1. The Kier molecular flexibility index (Phi) is 7.95. The van der Waals surface area contributed by atoms with Gasteiger partial charge in [-0.1, -0.05) is 38.1 Å². The van der Waals surface area contributed by atoms with Crippen LogP contribution in [0.25, 0.3) is 0 Å². The Bertz CT molecular complexity index is 842. The number of anilines is 1. The predicted octanol–water partition coefficient (Wildman–Crippen LogP) is 3.67. The Morgan fingerprint density at radius 2 is 1.55 bits per heavy atom. The first-order chi connectivity index (χ1) is 13.7. The minimum absolute atomic E-state index is 0.180. The molecule has 1 atom stereocenters. The lowest BCUT2D eigenvalue weighted by Crippen LogP contribution is -2.34. The maximum absolute atomic E-state index is 12.4. The molecule has 0 aliphatic heterocycles. The second-order valence-electron chi connectivity index (χ2n) is 7.46. The third-order valence-corrected chi connectivity index (χ3v) is 4.33. The fourth-order valence-electron chi connectivity index (χ4n) is 2.85. The lowest BCUT2D eigenvalue weighted by atomic mass is 9.96. The number of rotatable bonds is 8. The van der Waals surface area contributed by atoms with Crippen LogP contribution in [0, 0.1) is 5.92 Å². The summed E-state index contributed by atoms with van der Waals surface area (Å²) in [6.07, 6.45) is 0.999. The molecule has 29 heavy (non-hydrogen) atoms. The molecule has 2 aromatic carbocycles. The van der Waals surface area contributed by atoms with Gasteiger partial charge in [0.05, 0.1) is 5.92 Å². The molecule has 0 fully saturated rings. The van der Waals surface area contributed by atoms with Gasteiger partial charge >= 0.3 is 5.97 Å². The minimum atomic E-state index is -0.565. The van der Waals surface area contributed by atoms with Crippen molar-refractivity contribution < 1.29 is 19.1 Å². The largest absolute Gasteiger partial charge is 0.425 e. The molecule has 2 N–H and O–H groups in total. The monoisotopic (exact) mass is 396 g/mol. The highest BCUT2D eigenvalue weighted by Crippen LogP contribution is 2.18. The fourth-order valence-corrected chi connectivity index (χ4v) is 2.85. The number of ether oxygens (including phenoxy) is 1. The molecule has 0 radical (unpaired) electrons. The van der Waals surface area contributed by atoms with Crippen molar-refractivity contribution in [3.8, 4) is 5.75 Å². The number of carbonyl (C=O) groups excluding carboxylic acids is 3. The number of hydrogen-bond acceptors (Lipinski definition) is 4. The van der Waals surface area contributed by atoms with E-state index in [1.165, 1.54) is 12.5 Å². The summed E-state index contributed by atoms with van der Waals surface area (Å²) in [5.41, 5.74) is 2.75. The van der Waals surface area contributed by atoms with Crippen molar-refractivity contribution in [2.75, 3.05) is 11.9 Å². The van der Waals surface area contributed by atoms with Crippen molar-refractivity contribution >= 4 is 23.5 Å². The number of esters is 1. The Labute approximate surface area is 171 Å². The number of amides is 2. The lowest BCUT2D eigenvalue weighted by Gasteiger charge is -2.13. The summed E-state index contributed by atoms with van der Waals surface area (Å²) in [4.78, 5) is 35.3. The molecule has 0 spiro atoms.